The third-order valence-electron chi connectivity index (χ3n) is 4.26. The van der Waals surface area contributed by atoms with Gasteiger partial charge < -0.3 is 9.80 Å². The second-order valence-electron chi connectivity index (χ2n) is 5.66. The molecule has 108 valence electrons. The predicted molar refractivity (Wildman–Crippen MR) is 86.8 cm³/mol. The molecule has 0 N–H and O–H groups in total. The van der Waals surface area contributed by atoms with Gasteiger partial charge in [0.05, 0.1) is 4.83 Å². The summed E-state index contributed by atoms with van der Waals surface area (Å²) in [7, 11) is 0. The molecule has 3 rings (SSSR count). The highest BCUT2D eigenvalue weighted by Gasteiger charge is 2.27. The maximum absolute atomic E-state index is 12.2. The quantitative estimate of drug-likeness (QED) is 0.771. The summed E-state index contributed by atoms with van der Waals surface area (Å²) in [5, 5.41) is 0. The van der Waals surface area contributed by atoms with E-state index in [0.29, 0.717) is 0 Å². The molecule has 1 amide bonds. The van der Waals surface area contributed by atoms with Crippen LogP contribution in [0.25, 0.3) is 0 Å². The third kappa shape index (κ3) is 2.85. The van der Waals surface area contributed by atoms with Crippen LogP contribution >= 0.6 is 15.9 Å². The molecule has 2 aliphatic rings. The minimum atomic E-state index is -0.0157. The van der Waals surface area contributed by atoms with Gasteiger partial charge in [0.1, 0.15) is 0 Å². The van der Waals surface area contributed by atoms with Gasteiger partial charge in [-0.25, -0.2) is 0 Å². The molecule has 0 saturated carbocycles. The Morgan fingerprint density at radius 1 is 0.900 bits per heavy atom. The summed E-state index contributed by atoms with van der Waals surface area (Å²) in [5.41, 5.74) is 2.31. The van der Waals surface area contributed by atoms with E-state index in [1.54, 1.807) is 0 Å². The Balaban J connectivity index is 1.73. The number of anilines is 2. The Morgan fingerprint density at radius 3 is 2.25 bits per heavy atom. The fourth-order valence-electron chi connectivity index (χ4n) is 3.08. The number of amides is 1. The predicted octanol–water partition coefficient (Wildman–Crippen LogP) is 3.57. The maximum Gasteiger partial charge on any atom is 0.240 e. The number of nitrogens with zero attached hydrogens (tertiary/aromatic N) is 2. The van der Waals surface area contributed by atoms with Crippen LogP contribution in [0.2, 0.25) is 0 Å². The molecule has 2 heterocycles. The lowest BCUT2D eigenvalue weighted by atomic mass is 10.1. The van der Waals surface area contributed by atoms with Gasteiger partial charge in [0, 0.05) is 31.0 Å². The van der Waals surface area contributed by atoms with E-state index in [4.69, 9.17) is 0 Å². The molecule has 0 aromatic heterocycles. The van der Waals surface area contributed by atoms with Crippen LogP contribution in [0.1, 0.15) is 32.1 Å². The van der Waals surface area contributed by atoms with Crippen LogP contribution in [-0.2, 0) is 4.79 Å². The highest BCUT2D eigenvalue weighted by atomic mass is 79.9. The average Bonchev–Trinajstić information content (AvgIpc) is 2.51. The van der Waals surface area contributed by atoms with Crippen LogP contribution in [0, 0.1) is 0 Å². The maximum atomic E-state index is 12.2. The number of benzene rings is 1. The van der Waals surface area contributed by atoms with Crippen molar-refractivity contribution in [1.29, 1.82) is 0 Å². The summed E-state index contributed by atoms with van der Waals surface area (Å²) in [5.74, 6) is 0.196. The van der Waals surface area contributed by atoms with Crippen molar-refractivity contribution in [2.45, 2.75) is 36.9 Å². The molecule has 4 heteroatoms. The van der Waals surface area contributed by atoms with Gasteiger partial charge in [0.15, 0.2) is 0 Å². The SMILES string of the molecule is O=C1C(Br)CCCN1c1ccc(N2CCCCC2)cc1. The van der Waals surface area contributed by atoms with Gasteiger partial charge in [-0.05, 0) is 56.4 Å². The van der Waals surface area contributed by atoms with E-state index in [2.05, 4.69) is 45.1 Å². The lowest BCUT2D eigenvalue weighted by Gasteiger charge is -2.31. The van der Waals surface area contributed by atoms with Gasteiger partial charge in [0.25, 0.3) is 0 Å². The molecule has 1 aromatic carbocycles. The van der Waals surface area contributed by atoms with Crippen molar-refractivity contribution in [2.24, 2.45) is 0 Å². The summed E-state index contributed by atoms with van der Waals surface area (Å²) in [6, 6.07) is 8.50. The van der Waals surface area contributed by atoms with Crippen molar-refractivity contribution in [1.82, 2.24) is 0 Å². The normalized spacial score (nSPS) is 24.1. The van der Waals surface area contributed by atoms with Crippen molar-refractivity contribution < 1.29 is 4.79 Å². The Hall–Kier alpha value is -1.03. The second-order valence-corrected chi connectivity index (χ2v) is 6.77. The average molecular weight is 337 g/mol. The van der Waals surface area contributed by atoms with E-state index < -0.39 is 0 Å². The molecule has 2 aliphatic heterocycles. The highest BCUT2D eigenvalue weighted by Crippen LogP contribution is 2.27. The Labute approximate surface area is 129 Å². The summed E-state index contributed by atoms with van der Waals surface area (Å²) >= 11 is 3.47. The van der Waals surface area contributed by atoms with E-state index in [9.17, 15) is 4.79 Å². The molecule has 0 radical (unpaired) electrons. The molecule has 0 aliphatic carbocycles. The van der Waals surface area contributed by atoms with Crippen molar-refractivity contribution >= 4 is 33.2 Å². The molecule has 20 heavy (non-hydrogen) atoms. The van der Waals surface area contributed by atoms with E-state index in [0.717, 1.165) is 38.2 Å². The zero-order chi connectivity index (χ0) is 13.9. The smallest absolute Gasteiger partial charge is 0.240 e. The molecular formula is C16H21BrN2O. The highest BCUT2D eigenvalue weighted by molar-refractivity contribution is 9.10. The topological polar surface area (TPSA) is 23.6 Å². The minimum absolute atomic E-state index is 0.0157. The zero-order valence-electron chi connectivity index (χ0n) is 11.7. The molecule has 3 nitrogen and oxygen atoms in total. The van der Waals surface area contributed by atoms with Gasteiger partial charge in [-0.15, -0.1) is 0 Å². The van der Waals surface area contributed by atoms with Crippen LogP contribution in [0.3, 0.4) is 0 Å². The molecule has 1 unspecified atom stereocenters. The molecule has 2 fully saturated rings. The molecule has 2 saturated heterocycles. The van der Waals surface area contributed by atoms with Crippen LogP contribution in [0.4, 0.5) is 11.4 Å². The Morgan fingerprint density at radius 2 is 1.55 bits per heavy atom. The monoisotopic (exact) mass is 336 g/mol. The molecule has 1 atom stereocenters. The van der Waals surface area contributed by atoms with E-state index in [-0.39, 0.29) is 10.7 Å². The number of piperidine rings is 2. The number of carbonyl (C=O) groups is 1. The summed E-state index contributed by atoms with van der Waals surface area (Å²) in [6.07, 6.45) is 5.94. The lowest BCUT2D eigenvalue weighted by molar-refractivity contribution is -0.118. The van der Waals surface area contributed by atoms with Crippen LogP contribution in [-0.4, -0.2) is 30.4 Å². The van der Waals surface area contributed by atoms with Gasteiger partial charge in [-0.3, -0.25) is 4.79 Å². The van der Waals surface area contributed by atoms with Crippen molar-refractivity contribution in [2.75, 3.05) is 29.4 Å². The van der Waals surface area contributed by atoms with Crippen molar-refractivity contribution in [3.05, 3.63) is 24.3 Å². The van der Waals surface area contributed by atoms with Gasteiger partial charge in [-0.2, -0.15) is 0 Å². The van der Waals surface area contributed by atoms with Gasteiger partial charge in [0.2, 0.25) is 5.91 Å². The van der Waals surface area contributed by atoms with Crippen LogP contribution < -0.4 is 9.80 Å². The van der Waals surface area contributed by atoms with Crippen molar-refractivity contribution in [3.8, 4) is 0 Å². The number of alkyl halides is 1. The van der Waals surface area contributed by atoms with Crippen LogP contribution in [0.5, 0.6) is 0 Å². The number of rotatable bonds is 2. The number of carbonyl (C=O) groups excluding carboxylic acids is 1. The lowest BCUT2D eigenvalue weighted by Crippen LogP contribution is -2.41. The third-order valence-corrected chi connectivity index (χ3v) is 5.11. The first-order chi connectivity index (χ1) is 9.75. The number of hydrogen-bond donors (Lipinski definition) is 0. The fourth-order valence-corrected chi connectivity index (χ4v) is 3.65. The minimum Gasteiger partial charge on any atom is -0.372 e. The van der Waals surface area contributed by atoms with E-state index in [1.807, 2.05) is 4.90 Å². The number of hydrogen-bond acceptors (Lipinski definition) is 2. The summed E-state index contributed by atoms with van der Waals surface area (Å²) in [6.45, 7) is 3.15. The summed E-state index contributed by atoms with van der Waals surface area (Å²) < 4.78 is 0. The second kappa shape index (κ2) is 6.17. The van der Waals surface area contributed by atoms with E-state index >= 15 is 0 Å². The first-order valence-electron chi connectivity index (χ1n) is 7.56. The Kier molecular flexibility index (Phi) is 4.29. The van der Waals surface area contributed by atoms with E-state index in [1.165, 1.54) is 24.9 Å². The Bertz CT molecular complexity index is 468. The number of halogens is 1. The zero-order valence-corrected chi connectivity index (χ0v) is 13.3. The standard InChI is InChI=1S/C16H21BrN2O/c17-15-5-4-12-19(16(15)20)14-8-6-13(7-9-14)18-10-2-1-3-11-18/h6-9,15H,1-5,10-12H2. The van der Waals surface area contributed by atoms with Gasteiger partial charge >= 0.3 is 0 Å². The van der Waals surface area contributed by atoms with Gasteiger partial charge in [-0.1, -0.05) is 15.9 Å². The molecule has 1 aromatic rings. The largest absolute Gasteiger partial charge is 0.372 e. The first-order valence-corrected chi connectivity index (χ1v) is 8.48. The molecular weight excluding hydrogens is 316 g/mol. The summed E-state index contributed by atoms with van der Waals surface area (Å²) in [4.78, 5) is 16.5. The fraction of sp³-hybridized carbons (Fsp3) is 0.562. The first kappa shape index (κ1) is 13.9. The van der Waals surface area contributed by atoms with Crippen molar-refractivity contribution in [3.63, 3.8) is 0 Å². The molecule has 0 bridgehead atoms. The molecule has 0 spiro atoms. The van der Waals surface area contributed by atoms with Crippen LogP contribution in [0.15, 0.2) is 24.3 Å².